The second-order valence-corrected chi connectivity index (χ2v) is 9.05. The Morgan fingerprint density at radius 2 is 2.04 bits per heavy atom. The van der Waals surface area contributed by atoms with Gasteiger partial charge in [-0.05, 0) is 61.0 Å². The van der Waals surface area contributed by atoms with Crippen LogP contribution in [0.2, 0.25) is 0 Å². The zero-order valence-electron chi connectivity index (χ0n) is 16.0. The van der Waals surface area contributed by atoms with E-state index < -0.39 is 0 Å². The second-order valence-electron chi connectivity index (χ2n) is 9.05. The number of aryl methyl sites for hydroxylation is 2. The lowest BCUT2D eigenvalue weighted by Gasteiger charge is -2.39. The van der Waals surface area contributed by atoms with Crippen LogP contribution in [0.5, 0.6) is 0 Å². The number of amides is 1. The van der Waals surface area contributed by atoms with Crippen molar-refractivity contribution in [3.63, 3.8) is 0 Å². The van der Waals surface area contributed by atoms with Crippen molar-refractivity contribution in [2.45, 2.75) is 66.3 Å². The molecule has 2 saturated carbocycles. The van der Waals surface area contributed by atoms with E-state index in [1.54, 1.807) is 6.26 Å². The summed E-state index contributed by atoms with van der Waals surface area (Å²) >= 11 is 0. The van der Waals surface area contributed by atoms with Crippen molar-refractivity contribution in [1.82, 2.24) is 5.32 Å². The first-order chi connectivity index (χ1) is 11.7. The lowest BCUT2D eigenvalue weighted by Crippen LogP contribution is -2.47. The third-order valence-corrected chi connectivity index (χ3v) is 7.82. The van der Waals surface area contributed by atoms with Crippen LogP contribution < -0.4 is 5.32 Å². The average molecular weight is 339 g/mol. The molecule has 4 rings (SSSR count). The van der Waals surface area contributed by atoms with Crippen LogP contribution in [0.4, 0.5) is 0 Å². The molecular weight excluding hydrogens is 310 g/mol. The van der Waals surface area contributed by atoms with Gasteiger partial charge in [-0.25, -0.2) is 0 Å². The van der Waals surface area contributed by atoms with Gasteiger partial charge >= 0.3 is 0 Å². The predicted molar refractivity (Wildman–Crippen MR) is 101 cm³/mol. The van der Waals surface area contributed by atoms with Crippen molar-refractivity contribution in [3.05, 3.63) is 35.1 Å². The highest BCUT2D eigenvalue weighted by Crippen LogP contribution is 2.65. The number of hydrogen-bond acceptors (Lipinski definition) is 2. The van der Waals surface area contributed by atoms with Gasteiger partial charge in [-0.1, -0.05) is 32.9 Å². The Morgan fingerprint density at radius 3 is 2.68 bits per heavy atom. The van der Waals surface area contributed by atoms with Gasteiger partial charge in [0.25, 0.3) is 0 Å². The molecule has 2 aliphatic rings. The van der Waals surface area contributed by atoms with E-state index in [0.717, 1.165) is 34.4 Å². The van der Waals surface area contributed by atoms with Gasteiger partial charge in [-0.2, -0.15) is 0 Å². The Hall–Kier alpha value is -1.77. The summed E-state index contributed by atoms with van der Waals surface area (Å²) in [6.07, 6.45) is 5.81. The largest absolute Gasteiger partial charge is 0.464 e. The van der Waals surface area contributed by atoms with Crippen LogP contribution in [0.15, 0.2) is 22.8 Å². The number of rotatable bonds is 3. The molecule has 0 spiro atoms. The first-order valence-corrected chi connectivity index (χ1v) is 9.49. The topological polar surface area (TPSA) is 42.2 Å². The monoisotopic (exact) mass is 339 g/mol. The van der Waals surface area contributed by atoms with Gasteiger partial charge in [0.15, 0.2) is 0 Å². The summed E-state index contributed by atoms with van der Waals surface area (Å²) in [7, 11) is 0. The summed E-state index contributed by atoms with van der Waals surface area (Å²) in [6, 6.07) is 4.48. The van der Waals surface area contributed by atoms with E-state index in [0.29, 0.717) is 17.9 Å². The van der Waals surface area contributed by atoms with Crippen LogP contribution in [0.1, 0.15) is 56.7 Å². The van der Waals surface area contributed by atoms with Gasteiger partial charge in [0, 0.05) is 17.0 Å². The summed E-state index contributed by atoms with van der Waals surface area (Å²) in [5, 5.41) is 4.42. The van der Waals surface area contributed by atoms with Crippen molar-refractivity contribution in [3.8, 4) is 0 Å². The maximum atomic E-state index is 12.7. The van der Waals surface area contributed by atoms with Gasteiger partial charge in [-0.15, -0.1) is 0 Å². The molecule has 1 heterocycles. The van der Waals surface area contributed by atoms with E-state index in [1.165, 1.54) is 18.4 Å². The first kappa shape index (κ1) is 16.7. The van der Waals surface area contributed by atoms with Gasteiger partial charge in [0.1, 0.15) is 5.58 Å². The molecule has 1 aromatic carbocycles. The highest BCUT2D eigenvalue weighted by molar-refractivity contribution is 5.89. The number of carbonyl (C=O) groups is 1. The van der Waals surface area contributed by atoms with Crippen LogP contribution >= 0.6 is 0 Å². The number of nitrogens with one attached hydrogen (secondary N) is 1. The van der Waals surface area contributed by atoms with Crippen molar-refractivity contribution in [2.75, 3.05) is 0 Å². The van der Waals surface area contributed by atoms with Crippen LogP contribution in [-0.4, -0.2) is 11.9 Å². The van der Waals surface area contributed by atoms with Crippen LogP contribution in [-0.2, 0) is 11.2 Å². The zero-order valence-corrected chi connectivity index (χ0v) is 16.0. The number of benzene rings is 1. The fourth-order valence-electron chi connectivity index (χ4n) is 5.37. The minimum absolute atomic E-state index is 0.121. The molecule has 2 bridgehead atoms. The lowest BCUT2D eigenvalue weighted by atomic mass is 9.69. The van der Waals surface area contributed by atoms with Crippen molar-refractivity contribution in [1.29, 1.82) is 0 Å². The molecule has 0 saturated heterocycles. The minimum atomic E-state index is 0.121. The number of hydrogen-bond donors (Lipinski definition) is 1. The van der Waals surface area contributed by atoms with E-state index in [9.17, 15) is 4.79 Å². The summed E-state index contributed by atoms with van der Waals surface area (Å²) in [4.78, 5) is 12.7. The third kappa shape index (κ3) is 2.28. The summed E-state index contributed by atoms with van der Waals surface area (Å²) in [5.41, 5.74) is 4.82. The molecule has 0 aliphatic heterocycles. The van der Waals surface area contributed by atoms with E-state index in [-0.39, 0.29) is 11.3 Å². The molecule has 3 atom stereocenters. The van der Waals surface area contributed by atoms with Crippen LogP contribution in [0, 0.1) is 30.6 Å². The molecule has 134 valence electrons. The van der Waals surface area contributed by atoms with Crippen LogP contribution in [0.25, 0.3) is 11.0 Å². The van der Waals surface area contributed by atoms with Crippen LogP contribution in [0.3, 0.4) is 0 Å². The Labute approximate surface area is 150 Å². The SMILES string of the molecule is Cc1ccc2c(CC(=O)NC3CC4CCC3(C)C4(C)C)coc2c1C. The van der Waals surface area contributed by atoms with Gasteiger partial charge in [0.2, 0.25) is 5.91 Å². The fraction of sp³-hybridized carbons (Fsp3) is 0.591. The Bertz CT molecular complexity index is 847. The minimum Gasteiger partial charge on any atom is -0.464 e. The zero-order chi connectivity index (χ0) is 18.0. The smallest absolute Gasteiger partial charge is 0.224 e. The molecule has 1 N–H and O–H groups in total. The quantitative estimate of drug-likeness (QED) is 0.862. The molecule has 1 aromatic heterocycles. The molecule has 1 amide bonds. The first-order valence-electron chi connectivity index (χ1n) is 9.49. The average Bonchev–Trinajstić information content (AvgIpc) is 3.10. The van der Waals surface area contributed by atoms with Gasteiger partial charge < -0.3 is 9.73 Å². The molecule has 3 nitrogen and oxygen atoms in total. The number of fused-ring (bicyclic) bond motifs is 3. The highest BCUT2D eigenvalue weighted by Gasteiger charge is 2.61. The van der Waals surface area contributed by atoms with Gasteiger partial charge in [-0.3, -0.25) is 4.79 Å². The number of furan rings is 1. The number of carbonyl (C=O) groups excluding carboxylic acids is 1. The molecule has 2 aliphatic carbocycles. The molecule has 0 radical (unpaired) electrons. The highest BCUT2D eigenvalue weighted by atomic mass is 16.3. The van der Waals surface area contributed by atoms with E-state index in [4.69, 9.17) is 4.42 Å². The molecule has 2 aromatic rings. The molecular formula is C22H29NO2. The Balaban J connectivity index is 1.52. The third-order valence-electron chi connectivity index (χ3n) is 7.82. The normalized spacial score (nSPS) is 30.1. The summed E-state index contributed by atoms with van der Waals surface area (Å²) < 4.78 is 5.75. The van der Waals surface area contributed by atoms with E-state index >= 15 is 0 Å². The Morgan fingerprint density at radius 1 is 1.28 bits per heavy atom. The fourth-order valence-corrected chi connectivity index (χ4v) is 5.37. The van der Waals surface area contributed by atoms with E-state index in [1.807, 2.05) is 0 Å². The van der Waals surface area contributed by atoms with E-state index in [2.05, 4.69) is 52.1 Å². The Kier molecular flexibility index (Phi) is 3.58. The summed E-state index contributed by atoms with van der Waals surface area (Å²) in [5.74, 6) is 0.860. The van der Waals surface area contributed by atoms with Crippen molar-refractivity contribution >= 4 is 16.9 Å². The van der Waals surface area contributed by atoms with Crippen molar-refractivity contribution < 1.29 is 9.21 Å². The maximum absolute atomic E-state index is 12.7. The maximum Gasteiger partial charge on any atom is 0.224 e. The molecule has 25 heavy (non-hydrogen) atoms. The standard InChI is InChI=1S/C22H29NO2/c1-13-6-7-17-15(12-25-20(17)14(13)2)10-19(24)23-18-11-16-8-9-22(18,5)21(16,3)4/h6-7,12,16,18H,8-11H2,1-5H3,(H,23,24). The van der Waals surface area contributed by atoms with Gasteiger partial charge in [0.05, 0.1) is 12.7 Å². The second kappa shape index (κ2) is 5.36. The lowest BCUT2D eigenvalue weighted by molar-refractivity contribution is -0.122. The molecule has 3 heteroatoms. The molecule has 2 fully saturated rings. The molecule has 3 unspecified atom stereocenters. The summed E-state index contributed by atoms with van der Waals surface area (Å²) in [6.45, 7) is 11.3. The predicted octanol–water partition coefficient (Wildman–Crippen LogP) is 4.92. The van der Waals surface area contributed by atoms with Crippen molar-refractivity contribution in [2.24, 2.45) is 16.7 Å².